The lowest BCUT2D eigenvalue weighted by atomic mass is 10.3. The molecule has 0 saturated carbocycles. The van der Waals surface area contributed by atoms with Crippen LogP contribution in [0.4, 0.5) is 0 Å². The quantitative estimate of drug-likeness (QED) is 0.282. The maximum atomic E-state index is 9.74. The molecule has 7 nitrogen and oxygen atoms in total. The Balaban J connectivity index is -0.000000266. The molecular weight excluding hydrogens is 250 g/mol. The van der Waals surface area contributed by atoms with Crippen LogP contribution in [-0.2, 0) is 14.3 Å². The first-order valence-electron chi connectivity index (χ1n) is 6.09. The van der Waals surface area contributed by atoms with Crippen LogP contribution in [0.5, 0.6) is 0 Å². The fraction of sp³-hybridized carbons (Fsp3) is 0.667. The summed E-state index contributed by atoms with van der Waals surface area (Å²) in [6.45, 7) is 5.57. The molecule has 0 heterocycles. The molecule has 1 amide bonds. The van der Waals surface area contributed by atoms with Crippen LogP contribution < -0.4 is 16.8 Å². The van der Waals surface area contributed by atoms with Gasteiger partial charge in [0.05, 0.1) is 12.8 Å². The van der Waals surface area contributed by atoms with Crippen LogP contribution in [-0.4, -0.2) is 43.7 Å². The van der Waals surface area contributed by atoms with Crippen LogP contribution >= 0.6 is 0 Å². The molecule has 0 aliphatic heterocycles. The third-order valence-electron chi connectivity index (χ3n) is 1.48. The highest BCUT2D eigenvalue weighted by molar-refractivity contribution is 5.45. The van der Waals surface area contributed by atoms with E-state index in [1.165, 1.54) is 19.1 Å². The van der Waals surface area contributed by atoms with E-state index in [-0.39, 0.29) is 12.5 Å². The summed E-state index contributed by atoms with van der Waals surface area (Å²) in [6.07, 6.45) is 6.30. The third-order valence-corrected chi connectivity index (χ3v) is 1.48. The Morgan fingerprint density at radius 3 is 2.32 bits per heavy atom. The van der Waals surface area contributed by atoms with Gasteiger partial charge in [-0.2, -0.15) is 0 Å². The summed E-state index contributed by atoms with van der Waals surface area (Å²) < 4.78 is 4.96. The zero-order valence-corrected chi connectivity index (χ0v) is 11.7. The smallest absolute Gasteiger partial charge is 0.290 e. The van der Waals surface area contributed by atoms with Crippen molar-refractivity contribution in [3.8, 4) is 0 Å². The number of carboxylic acid groups (broad SMARTS) is 1. The summed E-state index contributed by atoms with van der Waals surface area (Å²) in [5.41, 5.74) is 10.5. The molecular formula is C12H27N3O4. The van der Waals surface area contributed by atoms with E-state index >= 15 is 0 Å². The van der Waals surface area contributed by atoms with Crippen LogP contribution in [0.3, 0.4) is 0 Å². The van der Waals surface area contributed by atoms with E-state index in [1.54, 1.807) is 6.08 Å². The lowest BCUT2D eigenvalue weighted by Gasteiger charge is -1.99. The topological polar surface area (TPSA) is 128 Å². The molecule has 0 aromatic rings. The summed E-state index contributed by atoms with van der Waals surface area (Å²) in [5, 5.41) is 9.35. The predicted octanol–water partition coefficient (Wildman–Crippen LogP) is 0.0559. The van der Waals surface area contributed by atoms with E-state index in [0.29, 0.717) is 19.6 Å². The summed E-state index contributed by atoms with van der Waals surface area (Å²) in [7, 11) is 0. The molecule has 0 aromatic carbocycles. The molecule has 114 valence electrons. The number of carbonyl (C=O) groups is 2. The lowest BCUT2D eigenvalue weighted by Crippen LogP contribution is -2.16. The van der Waals surface area contributed by atoms with Crippen molar-refractivity contribution >= 4 is 12.9 Å². The molecule has 0 bridgehead atoms. The van der Waals surface area contributed by atoms with Crippen LogP contribution in [0.1, 0.15) is 26.7 Å². The molecule has 6 N–H and O–H groups in total. The molecule has 0 fully saturated rings. The Morgan fingerprint density at radius 2 is 2.00 bits per heavy atom. The maximum Gasteiger partial charge on any atom is 0.290 e. The van der Waals surface area contributed by atoms with Gasteiger partial charge in [0.1, 0.15) is 6.61 Å². The molecule has 0 aromatic heterocycles. The summed E-state index contributed by atoms with van der Waals surface area (Å²) in [4.78, 5) is 18.1. The minimum absolute atomic E-state index is 0.00836. The van der Waals surface area contributed by atoms with Crippen LogP contribution in [0.15, 0.2) is 12.3 Å². The van der Waals surface area contributed by atoms with Crippen molar-refractivity contribution in [1.29, 1.82) is 0 Å². The second-order valence-corrected chi connectivity index (χ2v) is 3.38. The van der Waals surface area contributed by atoms with E-state index in [2.05, 4.69) is 12.2 Å². The Bertz CT molecular complexity index is 197. The SMILES string of the molecule is CC(N)/C=C/OCCNC=O.CCCCN.O=CO. The molecule has 7 heteroatoms. The standard InChI is InChI=1S/C7H14N2O2.C4H11N.CH2O2/c1-7(8)2-4-11-5-3-9-6-10;1-2-3-4-5;2-1-3/h2,4,6-7H,3,5,8H2,1H3,(H,9,10);2-5H2,1H3;1H,(H,2,3)/b4-2+;;. The van der Waals surface area contributed by atoms with E-state index in [9.17, 15) is 4.79 Å². The number of unbranched alkanes of at least 4 members (excludes halogenated alkanes) is 1. The minimum atomic E-state index is -0.250. The van der Waals surface area contributed by atoms with Crippen LogP contribution in [0, 0.1) is 0 Å². The highest BCUT2D eigenvalue weighted by Crippen LogP contribution is 1.80. The Morgan fingerprint density at radius 1 is 1.42 bits per heavy atom. The molecule has 0 spiro atoms. The molecule has 1 unspecified atom stereocenters. The van der Waals surface area contributed by atoms with Gasteiger partial charge in [0, 0.05) is 6.04 Å². The van der Waals surface area contributed by atoms with Crippen molar-refractivity contribution in [1.82, 2.24) is 5.32 Å². The highest BCUT2D eigenvalue weighted by atomic mass is 16.5. The lowest BCUT2D eigenvalue weighted by molar-refractivity contribution is -0.122. The van der Waals surface area contributed by atoms with Gasteiger partial charge in [-0.3, -0.25) is 9.59 Å². The van der Waals surface area contributed by atoms with Crippen molar-refractivity contribution in [2.75, 3.05) is 19.7 Å². The molecule has 0 rings (SSSR count). The molecule has 0 saturated heterocycles. The Labute approximate surface area is 115 Å². The first-order chi connectivity index (χ1) is 9.10. The number of carbonyl (C=O) groups excluding carboxylic acids is 1. The zero-order valence-electron chi connectivity index (χ0n) is 11.7. The predicted molar refractivity (Wildman–Crippen MR) is 75.5 cm³/mol. The largest absolute Gasteiger partial charge is 0.500 e. The van der Waals surface area contributed by atoms with Crippen molar-refractivity contribution in [3.63, 3.8) is 0 Å². The number of nitrogens with one attached hydrogen (secondary N) is 1. The normalized spacial score (nSPS) is 10.3. The number of hydrogen-bond acceptors (Lipinski definition) is 5. The van der Waals surface area contributed by atoms with Gasteiger partial charge in [0.15, 0.2) is 0 Å². The molecule has 1 atom stereocenters. The number of amides is 1. The average molecular weight is 277 g/mol. The van der Waals surface area contributed by atoms with Gasteiger partial charge in [-0.25, -0.2) is 0 Å². The van der Waals surface area contributed by atoms with E-state index < -0.39 is 0 Å². The van der Waals surface area contributed by atoms with Crippen molar-refractivity contribution in [2.24, 2.45) is 11.5 Å². The van der Waals surface area contributed by atoms with Crippen LogP contribution in [0.25, 0.3) is 0 Å². The average Bonchev–Trinajstić information content (AvgIpc) is 2.36. The van der Waals surface area contributed by atoms with E-state index in [4.69, 9.17) is 26.1 Å². The second-order valence-electron chi connectivity index (χ2n) is 3.38. The van der Waals surface area contributed by atoms with Crippen molar-refractivity contribution < 1.29 is 19.4 Å². The molecule has 0 radical (unpaired) electrons. The van der Waals surface area contributed by atoms with Gasteiger partial charge in [-0.15, -0.1) is 0 Å². The highest BCUT2D eigenvalue weighted by Gasteiger charge is 1.83. The van der Waals surface area contributed by atoms with Gasteiger partial charge in [0.25, 0.3) is 6.47 Å². The van der Waals surface area contributed by atoms with Gasteiger partial charge >= 0.3 is 0 Å². The van der Waals surface area contributed by atoms with Crippen molar-refractivity contribution in [3.05, 3.63) is 12.3 Å². The van der Waals surface area contributed by atoms with Gasteiger partial charge in [-0.1, -0.05) is 13.3 Å². The van der Waals surface area contributed by atoms with Gasteiger partial charge < -0.3 is 26.6 Å². The third kappa shape index (κ3) is 48.2. The number of ether oxygens (including phenoxy) is 1. The monoisotopic (exact) mass is 277 g/mol. The fourth-order valence-electron chi connectivity index (χ4n) is 0.628. The molecule has 0 aliphatic carbocycles. The van der Waals surface area contributed by atoms with Crippen molar-refractivity contribution in [2.45, 2.75) is 32.7 Å². The minimum Gasteiger partial charge on any atom is -0.500 e. The number of hydrogen-bond donors (Lipinski definition) is 4. The first kappa shape index (κ1) is 22.6. The zero-order chi connectivity index (χ0) is 15.4. The fourth-order valence-corrected chi connectivity index (χ4v) is 0.628. The molecule has 0 aliphatic rings. The van der Waals surface area contributed by atoms with E-state index in [0.717, 1.165) is 6.54 Å². The first-order valence-corrected chi connectivity index (χ1v) is 6.09. The second kappa shape index (κ2) is 25.3. The van der Waals surface area contributed by atoms with Crippen LogP contribution in [0.2, 0.25) is 0 Å². The van der Waals surface area contributed by atoms with Gasteiger partial charge in [0.2, 0.25) is 6.41 Å². The summed E-state index contributed by atoms with van der Waals surface area (Å²) in [6, 6.07) is 0.00836. The van der Waals surface area contributed by atoms with E-state index in [1.807, 2.05) is 6.92 Å². The number of nitrogens with two attached hydrogens (primary N) is 2. The Hall–Kier alpha value is -1.60. The number of rotatable bonds is 8. The summed E-state index contributed by atoms with van der Waals surface area (Å²) in [5.74, 6) is 0. The van der Waals surface area contributed by atoms with Gasteiger partial charge in [-0.05, 0) is 26.0 Å². The molecule has 19 heavy (non-hydrogen) atoms. The Kier molecular flexibility index (Phi) is 30.0. The maximum absolute atomic E-state index is 9.74. The summed E-state index contributed by atoms with van der Waals surface area (Å²) >= 11 is 0.